The van der Waals surface area contributed by atoms with Crippen molar-refractivity contribution in [3.05, 3.63) is 115 Å². The molecule has 2 N–H and O–H groups in total. The van der Waals surface area contributed by atoms with Crippen LogP contribution < -0.4 is 5.30 Å². The molecule has 0 radical (unpaired) electrons. The molecule has 4 aromatic carbocycles. The van der Waals surface area contributed by atoms with Crippen molar-refractivity contribution in [2.45, 2.75) is 75.5 Å². The fraction of sp³-hybridized carbons (Fsp3) is 0.351. The maximum atomic E-state index is 9.19. The molecule has 0 unspecified atom stereocenters. The van der Waals surface area contributed by atoms with Crippen molar-refractivity contribution in [1.29, 1.82) is 0 Å². The fourth-order valence-electron chi connectivity index (χ4n) is 6.48. The van der Waals surface area contributed by atoms with Crippen LogP contribution in [0.3, 0.4) is 0 Å². The minimum atomic E-state index is -3.67. The van der Waals surface area contributed by atoms with Gasteiger partial charge in [0.1, 0.15) is 0 Å². The SMILES string of the molecule is CS(=O)(=O)O.[NH-]c1ccccc1-c1[c-]cccc1.[Pd+2].c1ccc(-c2ccccc2[PH+](C2CCCCC2)C2CCCCC2)cc1. The van der Waals surface area contributed by atoms with E-state index in [-0.39, 0.29) is 20.4 Å². The topological polar surface area (TPSA) is 78.2 Å². The summed E-state index contributed by atoms with van der Waals surface area (Å²) in [5.41, 5.74) is 15.1. The summed E-state index contributed by atoms with van der Waals surface area (Å²) in [4.78, 5) is 0. The minimum Gasteiger partial charge on any atom is -0.706 e. The first kappa shape index (κ1) is 36.2. The summed E-state index contributed by atoms with van der Waals surface area (Å²) >= 11 is 0. The Hall–Kier alpha value is -2.32. The summed E-state index contributed by atoms with van der Waals surface area (Å²) in [6.45, 7) is 0. The maximum absolute atomic E-state index is 9.19. The molecule has 2 saturated carbocycles. The fourth-order valence-corrected chi connectivity index (χ4v) is 10.9. The first-order valence-corrected chi connectivity index (χ1v) is 19.0. The van der Waals surface area contributed by atoms with Crippen LogP contribution in [0.15, 0.2) is 103 Å². The van der Waals surface area contributed by atoms with E-state index < -0.39 is 18.0 Å². The average Bonchev–Trinajstić information content (AvgIpc) is 3.03. The Labute approximate surface area is 280 Å². The average molecular weight is 721 g/mol. The molecule has 0 aromatic heterocycles. The first-order chi connectivity index (χ1) is 20.8. The quantitative estimate of drug-likeness (QED) is 0.0965. The molecule has 0 bridgehead atoms. The van der Waals surface area contributed by atoms with E-state index >= 15 is 0 Å². The molecule has 236 valence electrons. The molecule has 7 heteroatoms. The summed E-state index contributed by atoms with van der Waals surface area (Å²) in [6.07, 6.45) is 15.5. The Bertz CT molecular complexity index is 1460. The molecule has 0 atom stereocenters. The van der Waals surface area contributed by atoms with Gasteiger partial charge >= 0.3 is 20.4 Å². The third-order valence-electron chi connectivity index (χ3n) is 8.34. The van der Waals surface area contributed by atoms with Crippen LogP contribution in [0.2, 0.25) is 0 Å². The van der Waals surface area contributed by atoms with Gasteiger partial charge in [-0.05, 0) is 63.0 Å². The molecular weight excluding hydrogens is 676 g/mol. The predicted octanol–water partition coefficient (Wildman–Crippen LogP) is 10.2. The van der Waals surface area contributed by atoms with Gasteiger partial charge in [0.05, 0.1) is 22.9 Å². The summed E-state index contributed by atoms with van der Waals surface area (Å²) in [5, 5.41) is 1.75. The van der Waals surface area contributed by atoms with Crippen molar-refractivity contribution in [3.63, 3.8) is 0 Å². The Kier molecular flexibility index (Phi) is 15.3. The van der Waals surface area contributed by atoms with Gasteiger partial charge in [-0.2, -0.15) is 14.1 Å². The smallest absolute Gasteiger partial charge is 0.706 e. The third-order valence-corrected chi connectivity index (χ3v) is 12.3. The Morgan fingerprint density at radius 1 is 0.682 bits per heavy atom. The zero-order chi connectivity index (χ0) is 30.5. The molecule has 6 rings (SSSR count). The largest absolute Gasteiger partial charge is 2.00 e. The second-order valence-corrected chi connectivity index (χ2v) is 16.1. The second kappa shape index (κ2) is 18.6. The zero-order valence-electron chi connectivity index (χ0n) is 25.5. The van der Waals surface area contributed by atoms with Crippen LogP contribution in [-0.2, 0) is 30.5 Å². The van der Waals surface area contributed by atoms with Gasteiger partial charge in [-0.15, -0.1) is 41.5 Å². The summed E-state index contributed by atoms with van der Waals surface area (Å²) < 4.78 is 25.9. The van der Waals surface area contributed by atoms with Crippen LogP contribution in [-0.4, -0.2) is 30.5 Å². The van der Waals surface area contributed by atoms with E-state index in [1.54, 1.807) is 11.4 Å². The van der Waals surface area contributed by atoms with Crippen LogP contribution >= 0.6 is 7.92 Å². The summed E-state index contributed by atoms with van der Waals surface area (Å²) in [6, 6.07) is 38.9. The molecule has 44 heavy (non-hydrogen) atoms. The van der Waals surface area contributed by atoms with Crippen LogP contribution in [0, 0.1) is 6.07 Å². The second-order valence-electron chi connectivity index (χ2n) is 11.6. The number of hydrogen-bond donors (Lipinski definition) is 1. The van der Waals surface area contributed by atoms with E-state index in [2.05, 4.69) is 60.7 Å². The zero-order valence-corrected chi connectivity index (χ0v) is 28.9. The van der Waals surface area contributed by atoms with E-state index in [9.17, 15) is 8.42 Å². The van der Waals surface area contributed by atoms with Gasteiger partial charge < -0.3 is 5.73 Å². The number of hydrogen-bond acceptors (Lipinski definition) is 2. The molecule has 2 fully saturated rings. The van der Waals surface area contributed by atoms with Gasteiger partial charge in [0.25, 0.3) is 10.1 Å². The van der Waals surface area contributed by atoms with Crippen LogP contribution in [0.5, 0.6) is 0 Å². The van der Waals surface area contributed by atoms with E-state index in [4.69, 9.17) is 10.3 Å². The minimum absolute atomic E-state index is 0. The molecular formula is C37H45NO3PPdS+. The Morgan fingerprint density at radius 2 is 1.16 bits per heavy atom. The predicted molar refractivity (Wildman–Crippen MR) is 186 cm³/mol. The molecule has 0 aliphatic heterocycles. The molecule has 0 amide bonds. The van der Waals surface area contributed by atoms with Gasteiger partial charge in [-0.25, -0.2) is 0 Å². The summed E-state index contributed by atoms with van der Waals surface area (Å²) in [5.74, 6) is 0. The van der Waals surface area contributed by atoms with Gasteiger partial charge in [0, 0.05) is 13.5 Å². The van der Waals surface area contributed by atoms with Crippen molar-refractivity contribution in [2.24, 2.45) is 0 Å². The first-order valence-electron chi connectivity index (χ1n) is 15.5. The van der Waals surface area contributed by atoms with Gasteiger partial charge in [0.2, 0.25) is 0 Å². The number of nitrogens with one attached hydrogen (secondary N) is 1. The van der Waals surface area contributed by atoms with E-state index in [1.807, 2.05) is 42.5 Å². The molecule has 4 aromatic rings. The van der Waals surface area contributed by atoms with E-state index in [0.717, 1.165) is 22.4 Å². The Balaban J connectivity index is 0.000000233. The normalized spacial score (nSPS) is 15.6. The van der Waals surface area contributed by atoms with Crippen molar-refractivity contribution in [1.82, 2.24) is 0 Å². The van der Waals surface area contributed by atoms with Crippen molar-refractivity contribution in [2.75, 3.05) is 6.26 Å². The van der Waals surface area contributed by atoms with Crippen molar-refractivity contribution in [3.8, 4) is 22.3 Å². The number of benzene rings is 4. The van der Waals surface area contributed by atoms with Crippen LogP contribution in [0.25, 0.3) is 28.0 Å². The standard InChI is InChI=1S/C24H31P.C12H9N.CH4O3S.Pd/c1-4-12-20(13-5-1)23-18-10-11-19-24(23)25(21-14-6-2-7-15-21)22-16-8-3-9-17-22;13-12-9-5-4-8-11(12)10-6-2-1-3-7-10;1-5(2,3)4;/h1,4-5,10-13,18-19,21-22H,2-3,6-9,14-17H2;1-6,8-9,13H;1H3,(H,2,3,4);/q;-2;;+2/p+1. The van der Waals surface area contributed by atoms with Crippen molar-refractivity contribution < 1.29 is 33.4 Å². The maximum Gasteiger partial charge on any atom is 2.00 e. The van der Waals surface area contributed by atoms with E-state index in [1.165, 1.54) is 75.3 Å². The number of rotatable bonds is 5. The molecule has 0 spiro atoms. The van der Waals surface area contributed by atoms with Gasteiger partial charge in [-0.1, -0.05) is 85.6 Å². The van der Waals surface area contributed by atoms with Crippen LogP contribution in [0.4, 0.5) is 5.69 Å². The van der Waals surface area contributed by atoms with E-state index in [0.29, 0.717) is 11.9 Å². The molecule has 2 aliphatic carbocycles. The molecule has 0 heterocycles. The summed E-state index contributed by atoms with van der Waals surface area (Å²) in [7, 11) is -4.17. The van der Waals surface area contributed by atoms with Crippen LogP contribution in [0.1, 0.15) is 64.2 Å². The molecule has 2 aliphatic rings. The molecule has 4 nitrogen and oxygen atoms in total. The van der Waals surface area contributed by atoms with Crippen molar-refractivity contribution >= 4 is 29.0 Å². The monoisotopic (exact) mass is 720 g/mol. The van der Waals surface area contributed by atoms with Gasteiger partial charge in [-0.3, -0.25) is 4.55 Å². The Morgan fingerprint density at radius 3 is 1.68 bits per heavy atom. The third kappa shape index (κ3) is 11.6. The van der Waals surface area contributed by atoms with Gasteiger partial charge in [0.15, 0.2) is 0 Å². The molecule has 0 saturated heterocycles.